The van der Waals surface area contributed by atoms with Crippen molar-refractivity contribution < 1.29 is 9.53 Å². The molecule has 0 saturated carbocycles. The summed E-state index contributed by atoms with van der Waals surface area (Å²) in [5.41, 5.74) is 6.99. The molecule has 0 spiro atoms. The van der Waals surface area contributed by atoms with Gasteiger partial charge in [0.15, 0.2) is 11.9 Å². The topological polar surface area (TPSA) is 64.3 Å². The molecule has 5 heteroatoms. The molecule has 2 rings (SSSR count). The molecule has 4 nitrogen and oxygen atoms in total. The van der Waals surface area contributed by atoms with Gasteiger partial charge in [0.05, 0.1) is 11.4 Å². The van der Waals surface area contributed by atoms with Gasteiger partial charge in [0.1, 0.15) is 0 Å². The van der Waals surface area contributed by atoms with E-state index in [1.54, 1.807) is 12.1 Å². The molecule has 0 radical (unpaired) electrons. The zero-order valence-corrected chi connectivity index (χ0v) is 10.7. The summed E-state index contributed by atoms with van der Waals surface area (Å²) in [6.45, 7) is 3.87. The maximum atomic E-state index is 11.7. The van der Waals surface area contributed by atoms with E-state index < -0.39 is 6.10 Å². The third-order valence-corrected chi connectivity index (χ3v) is 2.91. The Morgan fingerprint density at radius 1 is 1.50 bits per heavy atom. The highest BCUT2D eigenvalue weighted by Crippen LogP contribution is 2.39. The minimum atomic E-state index is -0.476. The van der Waals surface area contributed by atoms with Crippen molar-refractivity contribution in [2.75, 3.05) is 11.1 Å². The second-order valence-electron chi connectivity index (χ2n) is 4.14. The average molecular weight is 285 g/mol. The molecule has 1 aliphatic heterocycles. The first kappa shape index (κ1) is 11.3. The van der Waals surface area contributed by atoms with Crippen molar-refractivity contribution in [1.29, 1.82) is 0 Å². The first-order valence-corrected chi connectivity index (χ1v) is 5.85. The lowest BCUT2D eigenvalue weighted by molar-refractivity contribution is -0.125. The van der Waals surface area contributed by atoms with Gasteiger partial charge in [-0.1, -0.05) is 29.8 Å². The van der Waals surface area contributed by atoms with Gasteiger partial charge in [-0.2, -0.15) is 0 Å². The predicted molar refractivity (Wildman–Crippen MR) is 66.4 cm³/mol. The Kier molecular flexibility index (Phi) is 2.80. The van der Waals surface area contributed by atoms with Crippen molar-refractivity contribution >= 4 is 33.2 Å². The highest BCUT2D eigenvalue weighted by Gasteiger charge is 2.31. The van der Waals surface area contributed by atoms with E-state index in [0.717, 1.165) is 4.47 Å². The molecule has 0 bridgehead atoms. The van der Waals surface area contributed by atoms with Crippen molar-refractivity contribution in [3.05, 3.63) is 16.6 Å². The molecule has 1 atom stereocenters. The van der Waals surface area contributed by atoms with Crippen LogP contribution in [0.25, 0.3) is 0 Å². The smallest absolute Gasteiger partial charge is 0.265 e. The largest absolute Gasteiger partial charge is 0.476 e. The van der Waals surface area contributed by atoms with Crippen LogP contribution in [0.3, 0.4) is 0 Å². The fourth-order valence-corrected chi connectivity index (χ4v) is 2.14. The maximum Gasteiger partial charge on any atom is 0.265 e. The van der Waals surface area contributed by atoms with Gasteiger partial charge in [0, 0.05) is 4.47 Å². The average Bonchev–Trinajstić information content (AvgIpc) is 2.15. The minimum absolute atomic E-state index is 0.108. The Balaban J connectivity index is 2.43. The van der Waals surface area contributed by atoms with E-state index in [-0.39, 0.29) is 11.8 Å². The molecule has 3 N–H and O–H groups in total. The zero-order valence-electron chi connectivity index (χ0n) is 9.08. The molecule has 0 aromatic heterocycles. The molecule has 1 unspecified atom stereocenters. The third kappa shape index (κ3) is 1.87. The van der Waals surface area contributed by atoms with Crippen LogP contribution in [0.4, 0.5) is 11.4 Å². The highest BCUT2D eigenvalue weighted by molar-refractivity contribution is 9.10. The van der Waals surface area contributed by atoms with Crippen LogP contribution in [0.1, 0.15) is 13.8 Å². The Labute approximate surface area is 102 Å². The summed E-state index contributed by atoms with van der Waals surface area (Å²) in [4.78, 5) is 11.7. The monoisotopic (exact) mass is 284 g/mol. The fourth-order valence-electron chi connectivity index (χ4n) is 1.66. The van der Waals surface area contributed by atoms with E-state index in [2.05, 4.69) is 21.2 Å². The van der Waals surface area contributed by atoms with Gasteiger partial charge in [-0.05, 0) is 18.1 Å². The molecule has 1 aromatic rings. The summed E-state index contributed by atoms with van der Waals surface area (Å²) >= 11 is 3.32. The second kappa shape index (κ2) is 3.97. The van der Waals surface area contributed by atoms with E-state index in [4.69, 9.17) is 10.5 Å². The lowest BCUT2D eigenvalue weighted by atomic mass is 10.0. The highest BCUT2D eigenvalue weighted by atomic mass is 79.9. The summed E-state index contributed by atoms with van der Waals surface area (Å²) < 4.78 is 6.45. The van der Waals surface area contributed by atoms with Gasteiger partial charge in [-0.15, -0.1) is 0 Å². The van der Waals surface area contributed by atoms with Crippen LogP contribution >= 0.6 is 15.9 Å². The number of ether oxygens (including phenoxy) is 1. The van der Waals surface area contributed by atoms with Gasteiger partial charge in [-0.3, -0.25) is 4.79 Å². The molecule has 86 valence electrons. The van der Waals surface area contributed by atoms with E-state index in [1.165, 1.54) is 0 Å². The third-order valence-electron chi connectivity index (χ3n) is 2.45. The van der Waals surface area contributed by atoms with Gasteiger partial charge in [0.2, 0.25) is 0 Å². The maximum absolute atomic E-state index is 11.7. The molecule has 16 heavy (non-hydrogen) atoms. The Bertz CT molecular complexity index is 446. The van der Waals surface area contributed by atoms with E-state index >= 15 is 0 Å². The van der Waals surface area contributed by atoms with Crippen LogP contribution in [0, 0.1) is 5.92 Å². The number of nitrogens with one attached hydrogen (secondary N) is 1. The molecule has 1 heterocycles. The lowest BCUT2D eigenvalue weighted by Gasteiger charge is -2.29. The number of halogens is 1. The number of benzene rings is 1. The summed E-state index contributed by atoms with van der Waals surface area (Å²) in [5.74, 6) is 0.540. The SMILES string of the molecule is CC(C)C1Oc2c(N)cc(Br)cc2NC1=O. The van der Waals surface area contributed by atoms with Crippen LogP contribution in [0.5, 0.6) is 5.75 Å². The number of carbonyl (C=O) groups is 1. The van der Waals surface area contributed by atoms with Crippen molar-refractivity contribution in [2.45, 2.75) is 20.0 Å². The Hall–Kier alpha value is -1.23. The summed E-state index contributed by atoms with van der Waals surface area (Å²) in [7, 11) is 0. The molecule has 1 amide bonds. The van der Waals surface area contributed by atoms with Crippen molar-refractivity contribution in [3.8, 4) is 5.75 Å². The lowest BCUT2D eigenvalue weighted by Crippen LogP contribution is -2.40. The first-order valence-electron chi connectivity index (χ1n) is 5.05. The number of rotatable bonds is 1. The normalized spacial score (nSPS) is 19.0. The summed E-state index contributed by atoms with van der Waals surface area (Å²) in [6.07, 6.45) is -0.476. The Morgan fingerprint density at radius 2 is 2.19 bits per heavy atom. The standard InChI is InChI=1S/C11H13BrN2O2/c1-5(2)9-11(15)14-8-4-6(12)3-7(13)10(8)16-9/h3-5,9H,13H2,1-2H3,(H,14,15). The van der Waals surface area contributed by atoms with Crippen LogP contribution in [-0.2, 0) is 4.79 Å². The van der Waals surface area contributed by atoms with Crippen LogP contribution in [0.2, 0.25) is 0 Å². The molecule has 0 saturated heterocycles. The van der Waals surface area contributed by atoms with Crippen molar-refractivity contribution in [2.24, 2.45) is 5.92 Å². The zero-order chi connectivity index (χ0) is 11.9. The molecule has 0 aliphatic carbocycles. The van der Waals surface area contributed by atoms with Gasteiger partial charge < -0.3 is 15.8 Å². The number of anilines is 2. The second-order valence-corrected chi connectivity index (χ2v) is 5.06. The predicted octanol–water partition coefficient (Wildman–Crippen LogP) is 2.39. The summed E-state index contributed by atoms with van der Waals surface area (Å²) in [6, 6.07) is 3.54. The fraction of sp³-hybridized carbons (Fsp3) is 0.364. The van der Waals surface area contributed by atoms with Crippen LogP contribution in [-0.4, -0.2) is 12.0 Å². The van der Waals surface area contributed by atoms with E-state index in [1.807, 2.05) is 13.8 Å². The van der Waals surface area contributed by atoms with E-state index in [0.29, 0.717) is 17.1 Å². The number of fused-ring (bicyclic) bond motifs is 1. The first-order chi connectivity index (χ1) is 7.49. The molecule has 1 aromatic carbocycles. The number of hydrogen-bond donors (Lipinski definition) is 2. The van der Waals surface area contributed by atoms with Gasteiger partial charge in [0.25, 0.3) is 5.91 Å². The number of nitrogens with two attached hydrogens (primary N) is 1. The van der Waals surface area contributed by atoms with Crippen molar-refractivity contribution in [3.63, 3.8) is 0 Å². The van der Waals surface area contributed by atoms with Crippen molar-refractivity contribution in [1.82, 2.24) is 0 Å². The quantitative estimate of drug-likeness (QED) is 0.779. The number of carbonyl (C=O) groups excluding carboxylic acids is 1. The molecule has 1 aliphatic rings. The van der Waals surface area contributed by atoms with Crippen LogP contribution in [0.15, 0.2) is 16.6 Å². The van der Waals surface area contributed by atoms with Gasteiger partial charge >= 0.3 is 0 Å². The van der Waals surface area contributed by atoms with Crippen LogP contribution < -0.4 is 15.8 Å². The molecular formula is C11H13BrN2O2. The van der Waals surface area contributed by atoms with Gasteiger partial charge in [-0.25, -0.2) is 0 Å². The minimum Gasteiger partial charge on any atom is -0.476 e. The Morgan fingerprint density at radius 3 is 2.81 bits per heavy atom. The summed E-state index contributed by atoms with van der Waals surface area (Å²) in [5, 5.41) is 2.80. The molecular weight excluding hydrogens is 272 g/mol. The number of nitrogen functional groups attached to an aromatic ring is 1. The van der Waals surface area contributed by atoms with E-state index in [9.17, 15) is 4.79 Å². The number of hydrogen-bond acceptors (Lipinski definition) is 3. The number of amides is 1. The molecule has 0 fully saturated rings.